The second-order valence-corrected chi connectivity index (χ2v) is 6.21. The minimum atomic E-state index is -4.16. The fourth-order valence-electron chi connectivity index (χ4n) is 2.68. The lowest BCUT2D eigenvalue weighted by molar-refractivity contribution is -0.168. The molecule has 0 aliphatic heterocycles. The molecule has 0 fully saturated rings. The van der Waals surface area contributed by atoms with Crippen LogP contribution in [-0.2, 0) is 18.4 Å². The topological polar surface area (TPSA) is 70.1 Å². The highest BCUT2D eigenvalue weighted by molar-refractivity contribution is 5.88. The standard InChI is InChI=1S/C17H14F4N6O/c1-26-14-12(6-23-26)15-24-13(25-27(15)9-22-14)11-4-2-10(3-5-11)7-28-8-17(20,21)16(18)19/h2-6,9,16H,7-8H2,1H3. The van der Waals surface area contributed by atoms with Crippen molar-refractivity contribution in [1.82, 2.24) is 29.4 Å². The minimum Gasteiger partial charge on any atom is -0.370 e. The summed E-state index contributed by atoms with van der Waals surface area (Å²) >= 11 is 0. The Morgan fingerprint density at radius 2 is 1.89 bits per heavy atom. The van der Waals surface area contributed by atoms with Crippen LogP contribution in [0.15, 0.2) is 36.8 Å². The molecule has 0 N–H and O–H groups in total. The third-order valence-electron chi connectivity index (χ3n) is 4.16. The van der Waals surface area contributed by atoms with Crippen LogP contribution in [0.1, 0.15) is 5.56 Å². The van der Waals surface area contributed by atoms with E-state index in [1.165, 1.54) is 0 Å². The largest absolute Gasteiger partial charge is 0.370 e. The van der Waals surface area contributed by atoms with Crippen LogP contribution in [0.2, 0.25) is 0 Å². The molecular weight excluding hydrogens is 380 g/mol. The average molecular weight is 394 g/mol. The number of fused-ring (bicyclic) bond motifs is 3. The van der Waals surface area contributed by atoms with E-state index in [0.29, 0.717) is 28.2 Å². The van der Waals surface area contributed by atoms with Gasteiger partial charge in [-0.05, 0) is 5.56 Å². The molecule has 4 aromatic rings. The lowest BCUT2D eigenvalue weighted by Crippen LogP contribution is -2.32. The maximum absolute atomic E-state index is 12.8. The molecular formula is C17H14F4N6O. The number of ether oxygens (including phenoxy) is 1. The van der Waals surface area contributed by atoms with E-state index < -0.39 is 19.0 Å². The molecule has 0 spiro atoms. The quantitative estimate of drug-likeness (QED) is 0.470. The van der Waals surface area contributed by atoms with E-state index in [1.807, 2.05) is 0 Å². The van der Waals surface area contributed by atoms with Gasteiger partial charge in [-0.2, -0.15) is 13.9 Å². The number of nitrogens with zero attached hydrogens (tertiary/aromatic N) is 6. The smallest absolute Gasteiger partial charge is 0.330 e. The number of aromatic nitrogens is 6. The van der Waals surface area contributed by atoms with Gasteiger partial charge in [0.1, 0.15) is 12.9 Å². The predicted octanol–water partition coefficient (Wildman–Crippen LogP) is 3.10. The first-order chi connectivity index (χ1) is 13.3. The van der Waals surface area contributed by atoms with Crippen LogP contribution in [0.4, 0.5) is 17.6 Å². The first-order valence-corrected chi connectivity index (χ1v) is 8.21. The Hall–Kier alpha value is -3.08. The maximum Gasteiger partial charge on any atom is 0.330 e. The molecule has 0 saturated heterocycles. The Balaban J connectivity index is 1.52. The average Bonchev–Trinajstić information content (AvgIpc) is 3.25. The second kappa shape index (κ2) is 6.82. The number of alkyl halides is 4. The van der Waals surface area contributed by atoms with Gasteiger partial charge in [-0.15, -0.1) is 5.10 Å². The highest BCUT2D eigenvalue weighted by Gasteiger charge is 2.40. The van der Waals surface area contributed by atoms with E-state index in [1.54, 1.807) is 53.0 Å². The van der Waals surface area contributed by atoms with Crippen molar-refractivity contribution in [3.05, 3.63) is 42.4 Å². The van der Waals surface area contributed by atoms with Gasteiger partial charge in [-0.25, -0.2) is 23.3 Å². The summed E-state index contributed by atoms with van der Waals surface area (Å²) in [6, 6.07) is 6.68. The molecule has 1 aromatic carbocycles. The number of aryl methyl sites for hydroxylation is 1. The van der Waals surface area contributed by atoms with Crippen LogP contribution in [0.25, 0.3) is 28.1 Å². The van der Waals surface area contributed by atoms with E-state index in [2.05, 4.69) is 20.2 Å². The van der Waals surface area contributed by atoms with Gasteiger partial charge in [-0.3, -0.25) is 4.68 Å². The molecule has 0 aliphatic carbocycles. The number of benzene rings is 1. The molecule has 146 valence electrons. The number of hydrogen-bond donors (Lipinski definition) is 0. The molecule has 4 rings (SSSR count). The Morgan fingerprint density at radius 1 is 1.14 bits per heavy atom. The number of rotatable bonds is 6. The Kier molecular flexibility index (Phi) is 4.46. The predicted molar refractivity (Wildman–Crippen MR) is 91.1 cm³/mol. The van der Waals surface area contributed by atoms with E-state index in [0.717, 1.165) is 5.39 Å². The van der Waals surface area contributed by atoms with Crippen LogP contribution in [-0.4, -0.2) is 48.3 Å². The van der Waals surface area contributed by atoms with Crippen LogP contribution in [0.3, 0.4) is 0 Å². The third-order valence-corrected chi connectivity index (χ3v) is 4.16. The van der Waals surface area contributed by atoms with Crippen LogP contribution >= 0.6 is 0 Å². The molecule has 11 heteroatoms. The summed E-state index contributed by atoms with van der Waals surface area (Å²) in [5.74, 6) is -3.71. The molecule has 0 amide bonds. The molecule has 0 saturated carbocycles. The van der Waals surface area contributed by atoms with Gasteiger partial charge in [0.25, 0.3) is 0 Å². The van der Waals surface area contributed by atoms with Crippen molar-refractivity contribution in [3.63, 3.8) is 0 Å². The zero-order valence-corrected chi connectivity index (χ0v) is 14.6. The van der Waals surface area contributed by atoms with Crippen LogP contribution in [0.5, 0.6) is 0 Å². The molecule has 3 heterocycles. The van der Waals surface area contributed by atoms with Gasteiger partial charge in [0.2, 0.25) is 0 Å². The van der Waals surface area contributed by atoms with Crippen molar-refractivity contribution in [2.75, 3.05) is 6.61 Å². The third kappa shape index (κ3) is 3.28. The van der Waals surface area contributed by atoms with E-state index >= 15 is 0 Å². The minimum absolute atomic E-state index is 0.207. The molecule has 0 aliphatic rings. The summed E-state index contributed by atoms with van der Waals surface area (Å²) in [6.45, 7) is -1.55. The molecule has 0 bridgehead atoms. The summed E-state index contributed by atoms with van der Waals surface area (Å²) < 4.78 is 57.8. The highest BCUT2D eigenvalue weighted by Crippen LogP contribution is 2.24. The highest BCUT2D eigenvalue weighted by atomic mass is 19.3. The Labute approximate surface area is 155 Å². The van der Waals surface area contributed by atoms with Crippen molar-refractivity contribution < 1.29 is 22.3 Å². The molecule has 28 heavy (non-hydrogen) atoms. The van der Waals surface area contributed by atoms with Crippen molar-refractivity contribution in [2.24, 2.45) is 7.05 Å². The summed E-state index contributed by atoms with van der Waals surface area (Å²) in [7, 11) is 1.78. The van der Waals surface area contributed by atoms with Crippen molar-refractivity contribution in [3.8, 4) is 11.4 Å². The van der Waals surface area contributed by atoms with Crippen LogP contribution < -0.4 is 0 Å². The number of halogens is 4. The van der Waals surface area contributed by atoms with E-state index in [9.17, 15) is 17.6 Å². The Bertz CT molecular complexity index is 1120. The van der Waals surface area contributed by atoms with Gasteiger partial charge < -0.3 is 4.74 Å². The molecule has 3 aromatic heterocycles. The fourth-order valence-corrected chi connectivity index (χ4v) is 2.68. The van der Waals surface area contributed by atoms with Gasteiger partial charge in [0, 0.05) is 12.6 Å². The first kappa shape index (κ1) is 18.3. The van der Waals surface area contributed by atoms with E-state index in [-0.39, 0.29) is 6.61 Å². The molecule has 0 unspecified atom stereocenters. The van der Waals surface area contributed by atoms with Gasteiger partial charge in [0.05, 0.1) is 18.2 Å². The van der Waals surface area contributed by atoms with Gasteiger partial charge in [0.15, 0.2) is 17.1 Å². The zero-order chi connectivity index (χ0) is 19.9. The fraction of sp³-hybridized carbons (Fsp3) is 0.294. The lowest BCUT2D eigenvalue weighted by atomic mass is 10.1. The van der Waals surface area contributed by atoms with Gasteiger partial charge in [-0.1, -0.05) is 24.3 Å². The molecule has 0 atom stereocenters. The maximum atomic E-state index is 12.8. The monoisotopic (exact) mass is 394 g/mol. The lowest BCUT2D eigenvalue weighted by Gasteiger charge is -2.15. The molecule has 7 nitrogen and oxygen atoms in total. The van der Waals surface area contributed by atoms with Gasteiger partial charge >= 0.3 is 12.3 Å². The van der Waals surface area contributed by atoms with Crippen molar-refractivity contribution >= 4 is 16.7 Å². The Morgan fingerprint density at radius 3 is 2.61 bits per heavy atom. The summed E-state index contributed by atoms with van der Waals surface area (Å²) in [5.41, 5.74) is 2.55. The van der Waals surface area contributed by atoms with Crippen LogP contribution in [0, 0.1) is 0 Å². The summed E-state index contributed by atoms with van der Waals surface area (Å²) in [4.78, 5) is 8.80. The van der Waals surface area contributed by atoms with Crippen molar-refractivity contribution in [1.29, 1.82) is 0 Å². The number of hydrogen-bond acceptors (Lipinski definition) is 5. The molecule has 0 radical (unpaired) electrons. The zero-order valence-electron chi connectivity index (χ0n) is 14.6. The van der Waals surface area contributed by atoms with Crippen molar-refractivity contribution in [2.45, 2.75) is 19.0 Å². The SMILES string of the molecule is Cn1ncc2c1ncn1nc(-c3ccc(COCC(F)(F)C(F)F)cc3)nc21. The first-order valence-electron chi connectivity index (χ1n) is 8.21. The summed E-state index contributed by atoms with van der Waals surface area (Å²) in [5, 5.41) is 9.29. The second-order valence-electron chi connectivity index (χ2n) is 6.21. The normalized spacial score (nSPS) is 12.5. The summed E-state index contributed by atoms with van der Waals surface area (Å²) in [6.07, 6.45) is -0.552. The van der Waals surface area contributed by atoms with E-state index in [4.69, 9.17) is 4.74 Å².